The molecule has 6 aromatic rings. The number of aryl methyl sites for hydroxylation is 2. The number of carbonyl (C=O) groups is 1. The van der Waals surface area contributed by atoms with Crippen LogP contribution in [0.4, 0.5) is 5.69 Å². The van der Waals surface area contributed by atoms with Gasteiger partial charge < -0.3 is 9.64 Å². The number of hydrogen-bond acceptors (Lipinski definition) is 4. The molecule has 6 rings (SSSR count). The van der Waals surface area contributed by atoms with Crippen molar-refractivity contribution in [3.05, 3.63) is 161 Å². The Labute approximate surface area is 275 Å². The number of para-hydroxylation sites is 1. The molecule has 6 heteroatoms. The number of thiazole rings is 1. The fraction of sp³-hybridized carbons (Fsp3) is 0.175. The highest BCUT2D eigenvalue weighted by atomic mass is 32.1. The molecule has 2 heterocycles. The van der Waals surface area contributed by atoms with Crippen molar-refractivity contribution in [2.24, 2.45) is 0 Å². The molecule has 0 amide bonds. The highest BCUT2D eigenvalue weighted by Crippen LogP contribution is 2.26. The number of carbonyl (C=O) groups excluding carboxylic acids is 1. The number of nitrogens with zero attached hydrogens (tertiary/aromatic N) is 3. The van der Waals surface area contributed by atoms with Gasteiger partial charge in [0.2, 0.25) is 5.52 Å². The molecule has 5 nitrogen and oxygen atoms in total. The van der Waals surface area contributed by atoms with Gasteiger partial charge in [0.25, 0.3) is 5.01 Å². The molecule has 0 saturated heterocycles. The summed E-state index contributed by atoms with van der Waals surface area (Å²) in [5.74, 6) is -0.699. The van der Waals surface area contributed by atoms with Gasteiger partial charge >= 0.3 is 5.97 Å². The zero-order valence-electron chi connectivity index (χ0n) is 26.3. The standard InChI is InChI=1S/C40H39N3O2S/c1-41(2)35-21-18-31(19-22-35)20-23-38-43(36-16-9-10-17-37(36)46-38)27-11-26-42-28-24-32(25-29-42)30-45-40(44)39(33-12-5-3-6-13-33)34-14-7-4-8-15-34/h3-10,12-25,28-29,39H,11,26-27,30H2,1-2H3/q+2. The molecule has 0 aliphatic rings. The zero-order valence-corrected chi connectivity index (χ0v) is 27.1. The normalized spacial score (nSPS) is 11.4. The zero-order chi connectivity index (χ0) is 31.7. The maximum Gasteiger partial charge on any atom is 0.318 e. The van der Waals surface area contributed by atoms with Crippen molar-refractivity contribution in [3.8, 4) is 0 Å². The Morgan fingerprint density at radius 2 is 1.39 bits per heavy atom. The molecule has 0 aliphatic heterocycles. The van der Waals surface area contributed by atoms with E-state index in [9.17, 15) is 4.79 Å². The summed E-state index contributed by atoms with van der Waals surface area (Å²) in [4.78, 5) is 15.4. The van der Waals surface area contributed by atoms with Crippen LogP contribution < -0.4 is 14.0 Å². The molecule has 0 N–H and O–H groups in total. The first-order chi connectivity index (χ1) is 22.5. The maximum atomic E-state index is 13.3. The van der Waals surface area contributed by atoms with Gasteiger partial charge in [-0.1, -0.05) is 96.3 Å². The van der Waals surface area contributed by atoms with Crippen LogP contribution in [0.1, 0.15) is 39.6 Å². The van der Waals surface area contributed by atoms with Crippen LogP contribution >= 0.6 is 11.3 Å². The first-order valence-electron chi connectivity index (χ1n) is 15.7. The molecular weight excluding hydrogens is 587 g/mol. The highest BCUT2D eigenvalue weighted by Gasteiger charge is 2.24. The Bertz CT molecular complexity index is 1860. The van der Waals surface area contributed by atoms with E-state index in [-0.39, 0.29) is 12.6 Å². The smallest absolute Gasteiger partial charge is 0.318 e. The molecule has 230 valence electrons. The summed E-state index contributed by atoms with van der Waals surface area (Å²) in [7, 11) is 4.12. The molecule has 2 aromatic heterocycles. The predicted octanol–water partition coefficient (Wildman–Crippen LogP) is 7.68. The number of ether oxygens (including phenoxy) is 1. The Kier molecular flexibility index (Phi) is 9.96. The summed E-state index contributed by atoms with van der Waals surface area (Å²) in [6, 6.07) is 41.0. The van der Waals surface area contributed by atoms with Crippen molar-refractivity contribution in [3.63, 3.8) is 0 Å². The van der Waals surface area contributed by atoms with Gasteiger partial charge in [0.15, 0.2) is 25.5 Å². The van der Waals surface area contributed by atoms with Crippen LogP contribution in [0.3, 0.4) is 0 Å². The SMILES string of the molecule is CN(C)c1ccc(/C=C/c2sc3ccccc3[n+]2CCC[n+]2ccc(COC(=O)C(c3ccccc3)c3ccccc3)cc2)cc1. The number of anilines is 1. The molecule has 0 atom stereocenters. The Hall–Kier alpha value is -5.07. The minimum Gasteiger partial charge on any atom is -0.460 e. The van der Waals surface area contributed by atoms with Crippen molar-refractivity contribution in [1.82, 2.24) is 0 Å². The summed E-state index contributed by atoms with van der Waals surface area (Å²) in [5.41, 5.74) is 6.47. The lowest BCUT2D eigenvalue weighted by atomic mass is 9.91. The molecule has 0 spiro atoms. The second-order valence-electron chi connectivity index (χ2n) is 11.5. The van der Waals surface area contributed by atoms with Crippen LogP contribution in [0.25, 0.3) is 22.4 Å². The van der Waals surface area contributed by atoms with Crippen LogP contribution in [-0.4, -0.2) is 20.1 Å². The third-order valence-electron chi connectivity index (χ3n) is 8.11. The van der Waals surface area contributed by atoms with E-state index < -0.39 is 5.92 Å². The quantitative estimate of drug-likeness (QED) is 0.103. The largest absolute Gasteiger partial charge is 0.460 e. The van der Waals surface area contributed by atoms with Crippen LogP contribution in [0.15, 0.2) is 134 Å². The van der Waals surface area contributed by atoms with E-state index in [2.05, 4.69) is 101 Å². The van der Waals surface area contributed by atoms with Gasteiger partial charge in [-0.25, -0.2) is 4.57 Å². The second-order valence-corrected chi connectivity index (χ2v) is 12.6. The van der Waals surface area contributed by atoms with E-state index in [0.717, 1.165) is 36.2 Å². The van der Waals surface area contributed by atoms with Crippen LogP contribution in [0.2, 0.25) is 0 Å². The average molecular weight is 626 g/mol. The number of hydrogen-bond donors (Lipinski definition) is 0. The lowest BCUT2D eigenvalue weighted by Crippen LogP contribution is -2.39. The third-order valence-corrected chi connectivity index (χ3v) is 9.24. The fourth-order valence-corrected chi connectivity index (χ4v) is 6.69. The second kappa shape index (κ2) is 14.8. The molecule has 0 unspecified atom stereocenters. The fourth-order valence-electron chi connectivity index (χ4n) is 5.60. The summed E-state index contributed by atoms with van der Waals surface area (Å²) < 4.78 is 11.7. The molecular formula is C40H39N3O2S+2. The molecule has 46 heavy (non-hydrogen) atoms. The summed E-state index contributed by atoms with van der Waals surface area (Å²) in [6.07, 6.45) is 9.56. The van der Waals surface area contributed by atoms with Crippen molar-refractivity contribution in [2.75, 3.05) is 19.0 Å². The molecule has 0 saturated carbocycles. The Balaban J connectivity index is 1.07. The van der Waals surface area contributed by atoms with E-state index in [1.807, 2.05) is 84.1 Å². The minimum absolute atomic E-state index is 0.236. The highest BCUT2D eigenvalue weighted by molar-refractivity contribution is 7.18. The number of aromatic nitrogens is 2. The first kappa shape index (κ1) is 30.9. The van der Waals surface area contributed by atoms with Crippen molar-refractivity contribution in [1.29, 1.82) is 0 Å². The van der Waals surface area contributed by atoms with Crippen LogP contribution in [-0.2, 0) is 29.2 Å². The van der Waals surface area contributed by atoms with E-state index in [0.29, 0.717) is 0 Å². The van der Waals surface area contributed by atoms with Gasteiger partial charge in [0.05, 0.1) is 6.42 Å². The summed E-state index contributed by atoms with van der Waals surface area (Å²) >= 11 is 1.83. The van der Waals surface area contributed by atoms with Crippen LogP contribution in [0.5, 0.6) is 0 Å². The lowest BCUT2D eigenvalue weighted by molar-refractivity contribution is -0.716. The monoisotopic (exact) mass is 625 g/mol. The van der Waals surface area contributed by atoms with E-state index in [1.165, 1.54) is 26.5 Å². The Morgan fingerprint density at radius 3 is 2.04 bits per heavy atom. The van der Waals surface area contributed by atoms with Crippen molar-refractivity contribution >= 4 is 45.4 Å². The van der Waals surface area contributed by atoms with Gasteiger partial charge in [-0.3, -0.25) is 4.79 Å². The van der Waals surface area contributed by atoms with Crippen LogP contribution in [0, 0.1) is 0 Å². The van der Waals surface area contributed by atoms with E-state index >= 15 is 0 Å². The number of esters is 1. The number of fused-ring (bicyclic) bond motifs is 1. The van der Waals surface area contributed by atoms with Gasteiger partial charge in [0.1, 0.15) is 17.2 Å². The molecule has 0 radical (unpaired) electrons. The number of benzene rings is 4. The molecule has 0 aliphatic carbocycles. The van der Waals surface area contributed by atoms with Crippen molar-refractivity contribution in [2.45, 2.75) is 32.0 Å². The predicted molar refractivity (Wildman–Crippen MR) is 187 cm³/mol. The van der Waals surface area contributed by atoms with Gasteiger partial charge in [-0.15, -0.1) is 0 Å². The molecule has 4 aromatic carbocycles. The minimum atomic E-state index is -0.454. The lowest BCUT2D eigenvalue weighted by Gasteiger charge is -2.17. The van der Waals surface area contributed by atoms with Crippen molar-refractivity contribution < 1.29 is 18.7 Å². The van der Waals surface area contributed by atoms with E-state index in [4.69, 9.17) is 4.74 Å². The maximum absolute atomic E-state index is 13.3. The topological polar surface area (TPSA) is 37.3 Å². The summed E-state index contributed by atoms with van der Waals surface area (Å²) in [5, 5.41) is 1.24. The van der Waals surface area contributed by atoms with Gasteiger partial charge in [0, 0.05) is 49.6 Å². The first-order valence-corrected chi connectivity index (χ1v) is 16.5. The molecule has 0 bridgehead atoms. The van der Waals surface area contributed by atoms with E-state index in [1.54, 1.807) is 0 Å². The van der Waals surface area contributed by atoms with Gasteiger partial charge in [-0.2, -0.15) is 4.57 Å². The molecule has 0 fully saturated rings. The average Bonchev–Trinajstić information content (AvgIpc) is 3.45. The number of pyridine rings is 1. The third kappa shape index (κ3) is 7.59. The number of rotatable bonds is 12. The summed E-state index contributed by atoms with van der Waals surface area (Å²) in [6.45, 7) is 2.03. The van der Waals surface area contributed by atoms with Gasteiger partial charge in [-0.05, 0) is 41.0 Å². The Morgan fingerprint density at radius 1 is 0.761 bits per heavy atom.